The quantitative estimate of drug-likeness (QED) is 0.0848. The van der Waals surface area contributed by atoms with Crippen LogP contribution < -0.4 is 10.6 Å². The number of fused-ring (bicyclic) bond motifs is 2. The second-order valence-corrected chi connectivity index (χ2v) is 16.1. The minimum absolute atomic E-state index is 0.179. The van der Waals surface area contributed by atoms with Gasteiger partial charge in [-0.25, -0.2) is 19.6 Å². The Bertz CT molecular complexity index is 2530. The van der Waals surface area contributed by atoms with Crippen molar-refractivity contribution >= 4 is 67.1 Å². The van der Waals surface area contributed by atoms with Crippen LogP contribution in [0.15, 0.2) is 90.3 Å². The molecule has 0 aliphatic carbocycles. The monoisotopic (exact) mass is 804 g/mol. The standard InChI is InChI=1S/C41H40N8O6S2/c1-22(2)34(46-40(52)54-3)38(50)49-17-9-13-29(49)37-43-25-15-14-24(18-26(25)44-37)30-19-32-33(56-30)20-31(57-32)27-21-42-36(45-27)28-12-8-16-48(28)39(51)35(47-41(53)55-4)23-10-6-5-7-11-23/h5-7,9-11,13-15,18-21,28-29,35H,8,12,16-17H2,1-4H3,(H,42,45)(H,43,44)(H,46,52)(H,47,53)/t28?,29?,35-/m1/s1. The second kappa shape index (κ2) is 15.7. The summed E-state index contributed by atoms with van der Waals surface area (Å²) in [4.78, 5) is 73.7. The van der Waals surface area contributed by atoms with Crippen LogP contribution in [0.25, 0.3) is 41.4 Å². The molecule has 0 bridgehead atoms. The van der Waals surface area contributed by atoms with E-state index in [1.54, 1.807) is 46.3 Å². The molecule has 0 radical (unpaired) electrons. The van der Waals surface area contributed by atoms with E-state index < -0.39 is 24.3 Å². The summed E-state index contributed by atoms with van der Waals surface area (Å²) < 4.78 is 11.8. The molecule has 2 aromatic carbocycles. The van der Waals surface area contributed by atoms with Gasteiger partial charge in [0.05, 0.1) is 48.1 Å². The number of likely N-dealkylation sites (tertiary alicyclic amines) is 1. The fourth-order valence-electron chi connectivity index (χ4n) is 7.31. The van der Waals surface area contributed by atoms with Crippen molar-refractivity contribution in [3.05, 3.63) is 107 Å². The van der Waals surface area contributed by atoms with Crippen LogP contribution in [-0.4, -0.2) is 81.0 Å². The third-order valence-electron chi connectivity index (χ3n) is 10.2. The number of allylic oxidation sites excluding steroid dienone is 1. The predicted molar refractivity (Wildman–Crippen MR) is 218 cm³/mol. The number of hydrogen-bond acceptors (Lipinski definition) is 10. The summed E-state index contributed by atoms with van der Waals surface area (Å²) in [5.74, 6) is 0.807. The number of alkyl carbamates (subject to hydrolysis) is 2. The number of nitrogens with one attached hydrogen (secondary N) is 4. The van der Waals surface area contributed by atoms with Gasteiger partial charge in [-0.2, -0.15) is 0 Å². The lowest BCUT2D eigenvalue weighted by atomic mass is 10.1. The van der Waals surface area contributed by atoms with E-state index in [0.717, 1.165) is 54.3 Å². The average Bonchev–Trinajstić information content (AvgIpc) is 4.07. The lowest BCUT2D eigenvalue weighted by Gasteiger charge is -2.28. The number of aromatic nitrogens is 4. The summed E-state index contributed by atoms with van der Waals surface area (Å²) in [5, 5.41) is 5.27. The second-order valence-electron chi connectivity index (χ2n) is 14.0. The van der Waals surface area contributed by atoms with E-state index in [1.807, 2.05) is 54.7 Å². The summed E-state index contributed by atoms with van der Waals surface area (Å²) >= 11 is 3.37. The van der Waals surface area contributed by atoms with E-state index in [9.17, 15) is 19.2 Å². The van der Waals surface area contributed by atoms with Crippen LogP contribution in [0.1, 0.15) is 62.0 Å². The van der Waals surface area contributed by atoms with Gasteiger partial charge in [-0.05, 0) is 67.7 Å². The third kappa shape index (κ3) is 7.40. The highest BCUT2D eigenvalue weighted by Crippen LogP contribution is 2.43. The highest BCUT2D eigenvalue weighted by molar-refractivity contribution is 7.31. The van der Waals surface area contributed by atoms with E-state index in [1.165, 1.54) is 14.2 Å². The van der Waals surface area contributed by atoms with Crippen LogP contribution >= 0.6 is 22.7 Å². The summed E-state index contributed by atoms with van der Waals surface area (Å²) in [6.07, 6.45) is 5.86. The van der Waals surface area contributed by atoms with Gasteiger partial charge in [-0.15, -0.1) is 22.7 Å². The Balaban J connectivity index is 0.985. The highest BCUT2D eigenvalue weighted by atomic mass is 32.1. The number of rotatable bonds is 9. The van der Waals surface area contributed by atoms with Gasteiger partial charge in [0.2, 0.25) is 0 Å². The fraction of sp³-hybridized carbons (Fsp3) is 0.268. The fourth-order valence-corrected chi connectivity index (χ4v) is 9.67. The lowest BCUT2D eigenvalue weighted by molar-refractivity contribution is -0.134. The SMILES string of the molecule is COC(=O)NC(C(=O)N1CC=CC1c1nc2ccc(-c3cc4sc(-c5cnc(C6CCCN6C(=O)[C@H](NC(=O)OC)c6ccccc6)[nH]5)cc4s3)cc2[nH]1)=C(C)C. The van der Waals surface area contributed by atoms with Gasteiger partial charge in [0.25, 0.3) is 11.8 Å². The van der Waals surface area contributed by atoms with Crippen molar-refractivity contribution in [2.45, 2.75) is 44.8 Å². The van der Waals surface area contributed by atoms with Crippen LogP contribution in [0.3, 0.4) is 0 Å². The first-order valence-corrected chi connectivity index (χ1v) is 20.0. The van der Waals surface area contributed by atoms with Crippen molar-refractivity contribution in [2.75, 3.05) is 27.3 Å². The first-order chi connectivity index (χ1) is 27.6. The molecule has 14 nitrogen and oxygen atoms in total. The van der Waals surface area contributed by atoms with Gasteiger partial charge >= 0.3 is 12.2 Å². The van der Waals surface area contributed by atoms with Gasteiger partial charge in [-0.1, -0.05) is 48.6 Å². The Morgan fingerprint density at radius 2 is 1.65 bits per heavy atom. The molecule has 2 aliphatic rings. The largest absolute Gasteiger partial charge is 0.453 e. The Kier molecular flexibility index (Phi) is 10.4. The highest BCUT2D eigenvalue weighted by Gasteiger charge is 2.37. The van der Waals surface area contributed by atoms with E-state index >= 15 is 0 Å². The van der Waals surface area contributed by atoms with Gasteiger partial charge in [0, 0.05) is 27.4 Å². The molecule has 0 spiro atoms. The van der Waals surface area contributed by atoms with Gasteiger partial charge in [0.15, 0.2) is 0 Å². The van der Waals surface area contributed by atoms with E-state index in [4.69, 9.17) is 19.4 Å². The predicted octanol–water partition coefficient (Wildman–Crippen LogP) is 7.75. The van der Waals surface area contributed by atoms with Crippen LogP contribution in [0.5, 0.6) is 0 Å². The molecule has 0 saturated carbocycles. The maximum Gasteiger partial charge on any atom is 0.411 e. The van der Waals surface area contributed by atoms with Gasteiger partial charge in [-0.3, -0.25) is 14.9 Å². The molecule has 4 N–H and O–H groups in total. The summed E-state index contributed by atoms with van der Waals surface area (Å²) in [7, 11) is 2.54. The Hall–Kier alpha value is -6.26. The number of carbonyl (C=O) groups is 4. The van der Waals surface area contributed by atoms with Crippen molar-refractivity contribution in [1.82, 2.24) is 40.4 Å². The summed E-state index contributed by atoms with van der Waals surface area (Å²) in [6.45, 7) is 4.46. The third-order valence-corrected chi connectivity index (χ3v) is 12.5. The molecule has 6 aromatic rings. The number of nitrogens with zero attached hydrogens (tertiary/aromatic N) is 4. The first kappa shape index (κ1) is 37.7. The van der Waals surface area contributed by atoms with Gasteiger partial charge < -0.3 is 34.6 Å². The van der Waals surface area contributed by atoms with Gasteiger partial charge in [0.1, 0.15) is 29.4 Å². The zero-order valence-corrected chi connectivity index (χ0v) is 33.3. The first-order valence-electron chi connectivity index (χ1n) is 18.4. The molecule has 2 aliphatic heterocycles. The van der Waals surface area contributed by atoms with Crippen molar-refractivity contribution in [3.63, 3.8) is 0 Å². The van der Waals surface area contributed by atoms with Crippen molar-refractivity contribution in [1.29, 1.82) is 0 Å². The number of benzene rings is 2. The van der Waals surface area contributed by atoms with E-state index in [0.29, 0.717) is 35.9 Å². The zero-order valence-electron chi connectivity index (χ0n) is 31.6. The average molecular weight is 805 g/mol. The topological polar surface area (TPSA) is 175 Å². The Morgan fingerprint density at radius 1 is 0.895 bits per heavy atom. The number of aromatic amines is 2. The van der Waals surface area contributed by atoms with E-state index in [2.05, 4.69) is 44.9 Å². The molecule has 292 valence electrons. The number of methoxy groups -OCH3 is 2. The van der Waals surface area contributed by atoms with E-state index in [-0.39, 0.29) is 23.6 Å². The lowest BCUT2D eigenvalue weighted by Crippen LogP contribution is -2.42. The minimum Gasteiger partial charge on any atom is -0.453 e. The number of imidazole rings is 2. The summed E-state index contributed by atoms with van der Waals surface area (Å²) in [5.41, 5.74) is 5.08. The maximum absolute atomic E-state index is 13.9. The molecule has 2 unspecified atom stereocenters. The normalized spacial score (nSPS) is 16.9. The number of amides is 4. The van der Waals surface area contributed by atoms with Crippen molar-refractivity contribution < 1.29 is 28.7 Å². The van der Waals surface area contributed by atoms with Crippen molar-refractivity contribution in [2.24, 2.45) is 0 Å². The maximum atomic E-state index is 13.9. The molecule has 1 fully saturated rings. The molecular formula is C41H40N8O6S2. The number of carbonyl (C=O) groups excluding carboxylic acids is 4. The van der Waals surface area contributed by atoms with Crippen LogP contribution in [-0.2, 0) is 19.1 Å². The van der Waals surface area contributed by atoms with Crippen molar-refractivity contribution in [3.8, 4) is 21.0 Å². The van der Waals surface area contributed by atoms with Crippen LogP contribution in [0, 0.1) is 0 Å². The number of hydrogen-bond donors (Lipinski definition) is 4. The molecular weight excluding hydrogens is 765 g/mol. The number of ether oxygens (including phenoxy) is 2. The van der Waals surface area contributed by atoms with Crippen LogP contribution in [0.4, 0.5) is 9.59 Å². The minimum atomic E-state index is -0.882. The molecule has 57 heavy (non-hydrogen) atoms. The number of H-pyrrole nitrogens is 2. The zero-order chi connectivity index (χ0) is 39.8. The van der Waals surface area contributed by atoms with Crippen LogP contribution in [0.2, 0.25) is 0 Å². The Morgan fingerprint density at radius 3 is 2.40 bits per heavy atom. The Labute approximate surface area is 335 Å². The molecule has 6 heterocycles. The molecule has 3 atom stereocenters. The molecule has 16 heteroatoms. The molecule has 4 aromatic heterocycles. The molecule has 4 amide bonds. The molecule has 8 rings (SSSR count). The summed E-state index contributed by atoms with van der Waals surface area (Å²) in [6, 6.07) is 18.1. The number of thiophene rings is 2. The smallest absolute Gasteiger partial charge is 0.411 e. The molecule has 1 saturated heterocycles.